The zero-order valence-electron chi connectivity index (χ0n) is 14.2. The highest BCUT2D eigenvalue weighted by molar-refractivity contribution is 5.95. The normalized spacial score (nSPS) is 24.9. The largest absolute Gasteiger partial charge is 0.333 e. The van der Waals surface area contributed by atoms with Crippen molar-refractivity contribution in [3.63, 3.8) is 0 Å². The van der Waals surface area contributed by atoms with Gasteiger partial charge in [0.25, 0.3) is 0 Å². The summed E-state index contributed by atoms with van der Waals surface area (Å²) in [6, 6.07) is 13.8. The highest BCUT2D eigenvalue weighted by atomic mass is 16.2. The monoisotopic (exact) mass is 337 g/mol. The Kier molecular flexibility index (Phi) is 4.40. The van der Waals surface area contributed by atoms with Crippen molar-refractivity contribution in [3.8, 4) is 0 Å². The van der Waals surface area contributed by atoms with Crippen LogP contribution in [0.2, 0.25) is 0 Å². The van der Waals surface area contributed by atoms with Gasteiger partial charge in [-0.25, -0.2) is 4.79 Å². The Labute approximate surface area is 147 Å². The molecular weight excluding hydrogens is 314 g/mol. The quantitative estimate of drug-likeness (QED) is 0.903. The van der Waals surface area contributed by atoms with Crippen molar-refractivity contribution in [2.24, 2.45) is 5.92 Å². The molecular formula is C20H23N3O2. The van der Waals surface area contributed by atoms with E-state index in [-0.39, 0.29) is 24.4 Å². The topological polar surface area (TPSA) is 61.4 Å². The van der Waals surface area contributed by atoms with Gasteiger partial charge in [0, 0.05) is 12.6 Å². The van der Waals surface area contributed by atoms with Crippen LogP contribution >= 0.6 is 0 Å². The third-order valence-electron chi connectivity index (χ3n) is 5.40. The molecule has 3 fully saturated rings. The maximum Gasteiger partial charge on any atom is 0.321 e. The van der Waals surface area contributed by atoms with Crippen LogP contribution in [-0.4, -0.2) is 42.5 Å². The minimum atomic E-state index is -0.371. The molecule has 5 rings (SSSR count). The Bertz CT molecular complexity index is 796. The summed E-state index contributed by atoms with van der Waals surface area (Å²) in [4.78, 5) is 26.7. The number of piperidine rings is 3. The van der Waals surface area contributed by atoms with Crippen molar-refractivity contribution in [2.75, 3.05) is 19.6 Å². The molecule has 1 unspecified atom stereocenters. The minimum absolute atomic E-state index is 0.163. The van der Waals surface area contributed by atoms with E-state index < -0.39 is 0 Å². The molecule has 1 atom stereocenters. The highest BCUT2D eigenvalue weighted by Crippen LogP contribution is 2.27. The number of nitrogens with one attached hydrogen (secondary N) is 2. The maximum atomic E-state index is 12.2. The van der Waals surface area contributed by atoms with Crippen molar-refractivity contribution in [1.29, 1.82) is 0 Å². The number of carbonyl (C=O) groups excluding carboxylic acids is 2. The van der Waals surface area contributed by atoms with Gasteiger partial charge in [-0.1, -0.05) is 42.5 Å². The maximum absolute atomic E-state index is 12.2. The van der Waals surface area contributed by atoms with Crippen LogP contribution in [0.15, 0.2) is 42.5 Å². The van der Waals surface area contributed by atoms with Crippen molar-refractivity contribution < 1.29 is 9.59 Å². The van der Waals surface area contributed by atoms with Crippen LogP contribution in [0.4, 0.5) is 4.79 Å². The summed E-state index contributed by atoms with van der Waals surface area (Å²) in [6.07, 6.45) is 2.48. The first-order valence-electron chi connectivity index (χ1n) is 8.98. The molecule has 3 saturated heterocycles. The Morgan fingerprint density at radius 1 is 1.04 bits per heavy atom. The van der Waals surface area contributed by atoms with Crippen LogP contribution in [0.3, 0.4) is 0 Å². The smallest absolute Gasteiger partial charge is 0.321 e. The second-order valence-corrected chi connectivity index (χ2v) is 7.12. The highest BCUT2D eigenvalue weighted by Gasteiger charge is 2.34. The molecule has 3 aliphatic rings. The van der Waals surface area contributed by atoms with Crippen molar-refractivity contribution >= 4 is 22.7 Å². The zero-order valence-corrected chi connectivity index (χ0v) is 14.2. The molecule has 0 aliphatic carbocycles. The lowest BCUT2D eigenvalue weighted by Gasteiger charge is -2.44. The Morgan fingerprint density at radius 3 is 2.52 bits per heavy atom. The predicted octanol–water partition coefficient (Wildman–Crippen LogP) is 2.30. The number of nitrogens with zero attached hydrogens (tertiary/aromatic N) is 1. The van der Waals surface area contributed by atoms with E-state index in [1.54, 1.807) is 0 Å². The summed E-state index contributed by atoms with van der Waals surface area (Å²) in [7, 11) is 0. The van der Waals surface area contributed by atoms with Gasteiger partial charge in [0.15, 0.2) is 0 Å². The van der Waals surface area contributed by atoms with Gasteiger partial charge in [-0.2, -0.15) is 0 Å². The minimum Gasteiger partial charge on any atom is -0.333 e. The number of rotatable bonds is 3. The fourth-order valence-corrected chi connectivity index (χ4v) is 4.04. The van der Waals surface area contributed by atoms with E-state index in [1.165, 1.54) is 0 Å². The molecule has 0 spiro atoms. The van der Waals surface area contributed by atoms with Gasteiger partial charge in [0.1, 0.15) is 0 Å². The Balaban J connectivity index is 1.32. The second kappa shape index (κ2) is 6.84. The van der Waals surface area contributed by atoms with Crippen molar-refractivity contribution in [1.82, 2.24) is 15.5 Å². The van der Waals surface area contributed by atoms with E-state index in [2.05, 4.69) is 15.5 Å². The van der Waals surface area contributed by atoms with E-state index >= 15 is 0 Å². The van der Waals surface area contributed by atoms with Gasteiger partial charge in [0.05, 0.1) is 6.42 Å². The number of amides is 3. The summed E-state index contributed by atoms with van der Waals surface area (Å²) in [5.74, 6) is 0.278. The number of fused-ring (bicyclic) bond motifs is 4. The fourth-order valence-electron chi connectivity index (χ4n) is 4.04. The van der Waals surface area contributed by atoms with Gasteiger partial charge >= 0.3 is 6.03 Å². The first kappa shape index (κ1) is 16.1. The number of hydrogen-bond donors (Lipinski definition) is 2. The summed E-state index contributed by atoms with van der Waals surface area (Å²) >= 11 is 0. The van der Waals surface area contributed by atoms with Crippen LogP contribution in [0, 0.1) is 5.92 Å². The van der Waals surface area contributed by atoms with Crippen LogP contribution in [-0.2, 0) is 11.2 Å². The molecule has 0 radical (unpaired) electrons. The van der Waals surface area contributed by atoms with Gasteiger partial charge in [-0.15, -0.1) is 0 Å². The van der Waals surface area contributed by atoms with Gasteiger partial charge in [-0.05, 0) is 48.2 Å². The van der Waals surface area contributed by atoms with E-state index in [1.807, 2.05) is 42.5 Å². The number of carbonyl (C=O) groups is 2. The van der Waals surface area contributed by atoms with Gasteiger partial charge in [-0.3, -0.25) is 10.1 Å². The zero-order chi connectivity index (χ0) is 17.2. The summed E-state index contributed by atoms with van der Waals surface area (Å²) in [5.41, 5.74) is 0.909. The lowest BCUT2D eigenvalue weighted by molar-refractivity contribution is -0.119. The number of imide groups is 1. The van der Waals surface area contributed by atoms with Crippen LogP contribution in [0.5, 0.6) is 0 Å². The van der Waals surface area contributed by atoms with E-state index in [4.69, 9.17) is 0 Å². The lowest BCUT2D eigenvalue weighted by Crippen LogP contribution is -2.59. The van der Waals surface area contributed by atoms with Crippen LogP contribution < -0.4 is 10.6 Å². The molecule has 3 aliphatic heterocycles. The molecule has 3 heterocycles. The van der Waals surface area contributed by atoms with E-state index in [9.17, 15) is 9.59 Å². The molecule has 2 bridgehead atoms. The van der Waals surface area contributed by atoms with E-state index in [0.29, 0.717) is 5.92 Å². The number of hydrogen-bond acceptors (Lipinski definition) is 3. The summed E-state index contributed by atoms with van der Waals surface area (Å²) < 4.78 is 0. The molecule has 25 heavy (non-hydrogen) atoms. The van der Waals surface area contributed by atoms with Gasteiger partial charge < -0.3 is 10.2 Å². The predicted molar refractivity (Wildman–Crippen MR) is 97.3 cm³/mol. The molecule has 5 nitrogen and oxygen atoms in total. The molecule has 5 heteroatoms. The first-order valence-corrected chi connectivity index (χ1v) is 8.98. The van der Waals surface area contributed by atoms with E-state index in [0.717, 1.165) is 48.8 Å². The van der Waals surface area contributed by atoms with Crippen molar-refractivity contribution in [2.45, 2.75) is 25.3 Å². The molecule has 130 valence electrons. The number of urea groups is 1. The SMILES string of the molecule is O=C(Cc1ccc2ccccc2c1)NC(=O)NC1CN2CCC1CC2. The average molecular weight is 337 g/mol. The third-order valence-corrected chi connectivity index (χ3v) is 5.40. The standard InChI is InChI=1S/C20H23N3O2/c24-19(12-14-5-6-15-3-1-2-4-17(15)11-14)22-20(25)21-18-13-23-9-7-16(18)8-10-23/h1-6,11,16,18H,7-10,12-13H2,(H2,21,22,24,25). The lowest BCUT2D eigenvalue weighted by atomic mass is 9.84. The Hall–Kier alpha value is -2.40. The average Bonchev–Trinajstić information content (AvgIpc) is 2.62. The fraction of sp³-hybridized carbons (Fsp3) is 0.400. The van der Waals surface area contributed by atoms with Crippen LogP contribution in [0.25, 0.3) is 10.8 Å². The summed E-state index contributed by atoms with van der Waals surface area (Å²) in [6.45, 7) is 3.16. The first-order chi connectivity index (χ1) is 12.2. The van der Waals surface area contributed by atoms with Crippen molar-refractivity contribution in [3.05, 3.63) is 48.0 Å². The third kappa shape index (κ3) is 3.66. The molecule has 3 amide bonds. The molecule has 0 saturated carbocycles. The van der Waals surface area contributed by atoms with Crippen LogP contribution in [0.1, 0.15) is 18.4 Å². The Morgan fingerprint density at radius 2 is 1.80 bits per heavy atom. The summed E-state index contributed by atoms with van der Waals surface area (Å²) in [5, 5.41) is 7.71. The number of benzene rings is 2. The molecule has 2 N–H and O–H groups in total. The van der Waals surface area contributed by atoms with Gasteiger partial charge in [0.2, 0.25) is 5.91 Å². The second-order valence-electron chi connectivity index (χ2n) is 7.12. The molecule has 2 aromatic carbocycles. The molecule has 2 aromatic rings. The molecule has 0 aromatic heterocycles.